The molecule has 2 aromatic rings. The molecule has 0 unspecified atom stereocenters. The van der Waals surface area contributed by atoms with Gasteiger partial charge in [0.15, 0.2) is 0 Å². The van der Waals surface area contributed by atoms with Crippen LogP contribution in [0, 0.1) is 0 Å². The van der Waals surface area contributed by atoms with Crippen molar-refractivity contribution < 1.29 is 9.90 Å². The van der Waals surface area contributed by atoms with Gasteiger partial charge in [-0.25, -0.2) is 0 Å². The number of carbonyl (C=O) groups excluding carboxylic acids is 1. The van der Waals surface area contributed by atoms with Crippen LogP contribution in [0.3, 0.4) is 0 Å². The number of nitrogens with zero attached hydrogens (tertiary/aromatic N) is 1. The summed E-state index contributed by atoms with van der Waals surface area (Å²) in [5.41, 5.74) is 1.11. The number of halogens is 2. The predicted octanol–water partition coefficient (Wildman–Crippen LogP) is 3.32. The van der Waals surface area contributed by atoms with Crippen LogP contribution in [0.2, 0.25) is 10.0 Å². The van der Waals surface area contributed by atoms with Crippen molar-refractivity contribution in [3.63, 3.8) is 0 Å². The monoisotopic (exact) mass is 310 g/mol. The van der Waals surface area contributed by atoms with Crippen LogP contribution < -0.4 is 5.32 Å². The van der Waals surface area contributed by atoms with Crippen molar-refractivity contribution >= 4 is 29.1 Å². The van der Waals surface area contributed by atoms with Gasteiger partial charge in [-0.15, -0.1) is 0 Å². The number of carbonyl (C=O) groups is 1. The van der Waals surface area contributed by atoms with E-state index in [2.05, 4.69) is 10.3 Å². The molecule has 1 atom stereocenters. The van der Waals surface area contributed by atoms with Gasteiger partial charge in [-0.05, 0) is 29.8 Å². The van der Waals surface area contributed by atoms with E-state index < -0.39 is 6.04 Å². The molecule has 0 fully saturated rings. The number of benzene rings is 1. The Kier molecular flexibility index (Phi) is 4.47. The third kappa shape index (κ3) is 3.03. The summed E-state index contributed by atoms with van der Waals surface area (Å²) in [4.78, 5) is 15.4. The molecule has 0 aliphatic rings. The molecule has 20 heavy (non-hydrogen) atoms. The highest BCUT2D eigenvalue weighted by Crippen LogP contribution is 2.39. The van der Waals surface area contributed by atoms with Gasteiger partial charge in [-0.2, -0.15) is 0 Å². The maximum absolute atomic E-state index is 11.4. The Bertz CT molecular complexity index is 633. The summed E-state index contributed by atoms with van der Waals surface area (Å²) in [5.74, 6) is -0.280. The van der Waals surface area contributed by atoms with Crippen LogP contribution >= 0.6 is 23.2 Å². The van der Waals surface area contributed by atoms with Crippen molar-refractivity contribution in [1.82, 2.24) is 10.3 Å². The molecule has 1 aromatic heterocycles. The van der Waals surface area contributed by atoms with Crippen LogP contribution in [0.25, 0.3) is 0 Å². The fraction of sp³-hybridized carbons (Fsp3) is 0.143. The maximum Gasteiger partial charge on any atom is 0.217 e. The summed E-state index contributed by atoms with van der Waals surface area (Å²) in [7, 11) is 0. The molecule has 2 N–H and O–H groups in total. The van der Waals surface area contributed by atoms with Gasteiger partial charge in [0.25, 0.3) is 0 Å². The molecule has 1 heterocycles. The van der Waals surface area contributed by atoms with Gasteiger partial charge in [0.2, 0.25) is 5.91 Å². The quantitative estimate of drug-likeness (QED) is 0.914. The molecule has 0 saturated carbocycles. The summed E-state index contributed by atoms with van der Waals surface area (Å²) in [5, 5.41) is 13.3. The highest BCUT2D eigenvalue weighted by molar-refractivity contribution is 6.42. The smallest absolute Gasteiger partial charge is 0.217 e. The third-order valence-electron chi connectivity index (χ3n) is 2.79. The fourth-order valence-electron chi connectivity index (χ4n) is 1.91. The normalized spacial score (nSPS) is 11.9. The molecule has 4 nitrogen and oxygen atoms in total. The Balaban J connectivity index is 2.58. The number of pyridine rings is 1. The van der Waals surface area contributed by atoms with E-state index in [0.29, 0.717) is 10.6 Å². The lowest BCUT2D eigenvalue weighted by Crippen LogP contribution is -2.27. The maximum atomic E-state index is 11.4. The number of aromatic nitrogens is 1. The van der Waals surface area contributed by atoms with Crippen LogP contribution in [0.4, 0.5) is 0 Å². The van der Waals surface area contributed by atoms with Crippen LogP contribution in [0.1, 0.15) is 24.1 Å². The van der Waals surface area contributed by atoms with E-state index in [4.69, 9.17) is 23.2 Å². The second-order valence-corrected chi connectivity index (χ2v) is 4.99. The van der Waals surface area contributed by atoms with E-state index in [1.54, 1.807) is 24.5 Å². The molecule has 104 valence electrons. The lowest BCUT2D eigenvalue weighted by molar-refractivity contribution is -0.119. The van der Waals surface area contributed by atoms with Crippen molar-refractivity contribution in [1.29, 1.82) is 0 Å². The number of phenols is 1. The van der Waals surface area contributed by atoms with Crippen molar-refractivity contribution in [2.24, 2.45) is 0 Å². The molecule has 0 aliphatic heterocycles. The van der Waals surface area contributed by atoms with Gasteiger partial charge < -0.3 is 10.4 Å². The molecule has 6 heteroatoms. The fourth-order valence-corrected chi connectivity index (χ4v) is 2.35. The van der Waals surface area contributed by atoms with Crippen LogP contribution in [-0.4, -0.2) is 16.0 Å². The van der Waals surface area contributed by atoms with Gasteiger partial charge in [-0.1, -0.05) is 23.2 Å². The largest absolute Gasteiger partial charge is 0.508 e. The number of aromatic hydroxyl groups is 1. The summed E-state index contributed by atoms with van der Waals surface area (Å²) in [6.07, 6.45) is 3.19. The zero-order valence-corrected chi connectivity index (χ0v) is 12.1. The van der Waals surface area contributed by atoms with Crippen molar-refractivity contribution in [3.05, 3.63) is 57.8 Å². The molecule has 0 bridgehead atoms. The first-order valence-corrected chi connectivity index (χ1v) is 6.60. The Labute approximate surface area is 126 Å². The van der Waals surface area contributed by atoms with Crippen molar-refractivity contribution in [3.8, 4) is 5.75 Å². The van der Waals surface area contributed by atoms with Crippen molar-refractivity contribution in [2.45, 2.75) is 13.0 Å². The van der Waals surface area contributed by atoms with Crippen LogP contribution in [0.5, 0.6) is 5.75 Å². The van der Waals surface area contributed by atoms with E-state index >= 15 is 0 Å². The summed E-state index contributed by atoms with van der Waals surface area (Å²) < 4.78 is 0. The molecule has 0 radical (unpaired) electrons. The zero-order valence-electron chi connectivity index (χ0n) is 10.6. The minimum Gasteiger partial charge on any atom is -0.508 e. The number of rotatable bonds is 3. The zero-order chi connectivity index (χ0) is 14.7. The number of hydrogen-bond acceptors (Lipinski definition) is 3. The standard InChI is InChI=1S/C14H12Cl2N2O2/c1-8(19)18-14(9-4-6-17-7-5-9)12-11(20)3-2-10(15)13(12)16/h2-7,14,20H,1H3,(H,18,19)/t14-/m0/s1. The number of amides is 1. The lowest BCUT2D eigenvalue weighted by Gasteiger charge is -2.21. The van der Waals surface area contributed by atoms with Gasteiger partial charge >= 0.3 is 0 Å². The van der Waals surface area contributed by atoms with Gasteiger partial charge in [0, 0.05) is 24.9 Å². The molecule has 1 amide bonds. The molecule has 0 aliphatic carbocycles. The van der Waals surface area contributed by atoms with Gasteiger partial charge in [0.05, 0.1) is 16.1 Å². The molecular weight excluding hydrogens is 299 g/mol. The third-order valence-corrected chi connectivity index (χ3v) is 3.60. The van der Waals surface area contributed by atoms with E-state index in [0.717, 1.165) is 5.56 Å². The average Bonchev–Trinajstić information content (AvgIpc) is 2.43. The molecule has 0 spiro atoms. The molecule has 2 rings (SSSR count). The van der Waals surface area contributed by atoms with Gasteiger partial charge in [0.1, 0.15) is 5.75 Å². The van der Waals surface area contributed by atoms with Crippen LogP contribution in [-0.2, 0) is 4.79 Å². The van der Waals surface area contributed by atoms with Crippen molar-refractivity contribution in [2.75, 3.05) is 0 Å². The first kappa shape index (κ1) is 14.6. The number of nitrogens with one attached hydrogen (secondary N) is 1. The second kappa shape index (κ2) is 6.11. The number of hydrogen-bond donors (Lipinski definition) is 2. The molecular formula is C14H12Cl2N2O2. The summed E-state index contributed by atoms with van der Waals surface area (Å²) in [6.45, 7) is 1.39. The molecule has 0 saturated heterocycles. The SMILES string of the molecule is CC(=O)N[C@@H](c1ccncc1)c1c(O)ccc(Cl)c1Cl. The minimum atomic E-state index is -0.596. The Morgan fingerprint density at radius 3 is 2.50 bits per heavy atom. The Morgan fingerprint density at radius 2 is 1.90 bits per heavy atom. The van der Waals surface area contributed by atoms with E-state index in [1.807, 2.05) is 0 Å². The summed E-state index contributed by atoms with van der Waals surface area (Å²) >= 11 is 12.2. The second-order valence-electron chi connectivity index (χ2n) is 4.21. The highest BCUT2D eigenvalue weighted by Gasteiger charge is 2.23. The van der Waals surface area contributed by atoms with E-state index in [1.165, 1.54) is 19.1 Å². The molecule has 1 aromatic carbocycles. The summed E-state index contributed by atoms with van der Waals surface area (Å²) in [6, 6.07) is 5.82. The highest BCUT2D eigenvalue weighted by atomic mass is 35.5. The van der Waals surface area contributed by atoms with E-state index in [-0.39, 0.29) is 16.7 Å². The first-order valence-electron chi connectivity index (χ1n) is 5.84. The van der Waals surface area contributed by atoms with E-state index in [9.17, 15) is 9.90 Å². The average molecular weight is 311 g/mol. The minimum absolute atomic E-state index is 0.0324. The van der Waals surface area contributed by atoms with Crippen LogP contribution in [0.15, 0.2) is 36.7 Å². The topological polar surface area (TPSA) is 62.2 Å². The first-order chi connectivity index (χ1) is 9.50. The lowest BCUT2D eigenvalue weighted by atomic mass is 9.98. The van der Waals surface area contributed by atoms with Gasteiger partial charge in [-0.3, -0.25) is 9.78 Å². The number of phenolic OH excluding ortho intramolecular Hbond substituents is 1. The Hall–Kier alpha value is -1.78. The Morgan fingerprint density at radius 1 is 1.25 bits per heavy atom. The predicted molar refractivity (Wildman–Crippen MR) is 78.0 cm³/mol.